The maximum atomic E-state index is 11.4. The van der Waals surface area contributed by atoms with E-state index in [0.717, 1.165) is 54.5 Å². The zero-order valence-electron chi connectivity index (χ0n) is 17.3. The number of nitrogens with zero attached hydrogens (tertiary/aromatic N) is 4. The molecule has 2 aromatic heterocycles. The highest BCUT2D eigenvalue weighted by molar-refractivity contribution is 6.30. The van der Waals surface area contributed by atoms with Crippen LogP contribution in [0, 0.1) is 13.8 Å². The number of aromatic nitrogens is 4. The number of rotatable bonds is 4. The highest BCUT2D eigenvalue weighted by Gasteiger charge is 2.27. The Kier molecular flexibility index (Phi) is 5.67. The predicted molar refractivity (Wildman–Crippen MR) is 117 cm³/mol. The van der Waals surface area contributed by atoms with Crippen molar-refractivity contribution < 1.29 is 9.53 Å². The van der Waals surface area contributed by atoms with Gasteiger partial charge in [-0.2, -0.15) is 5.10 Å². The van der Waals surface area contributed by atoms with Gasteiger partial charge in [0.25, 0.3) is 0 Å². The molecule has 1 aliphatic heterocycles. The van der Waals surface area contributed by atoms with Gasteiger partial charge in [-0.3, -0.25) is 5.32 Å². The Bertz CT molecular complexity index is 1050. The van der Waals surface area contributed by atoms with Gasteiger partial charge < -0.3 is 14.6 Å². The minimum Gasteiger partial charge on any atom is -0.453 e. The summed E-state index contributed by atoms with van der Waals surface area (Å²) in [6.45, 7) is 5.76. The number of methoxy groups -OCH3 is 1. The number of aryl methyl sites for hydroxylation is 2. The van der Waals surface area contributed by atoms with Crippen LogP contribution >= 0.6 is 11.6 Å². The van der Waals surface area contributed by atoms with Crippen molar-refractivity contribution in [3.8, 4) is 5.69 Å². The van der Waals surface area contributed by atoms with Crippen molar-refractivity contribution in [1.82, 2.24) is 19.7 Å². The van der Waals surface area contributed by atoms with Gasteiger partial charge in [0.15, 0.2) is 0 Å². The Balaban J connectivity index is 1.49. The predicted octanol–water partition coefficient (Wildman–Crippen LogP) is 4.43. The van der Waals surface area contributed by atoms with Crippen LogP contribution in [0.1, 0.15) is 35.8 Å². The van der Waals surface area contributed by atoms with E-state index in [0.29, 0.717) is 16.9 Å². The number of benzene rings is 1. The van der Waals surface area contributed by atoms with Gasteiger partial charge in [0.1, 0.15) is 5.82 Å². The number of imidazole rings is 1. The molecule has 1 amide bonds. The first-order valence-electron chi connectivity index (χ1n) is 9.93. The second kappa shape index (κ2) is 8.39. The van der Waals surface area contributed by atoms with Crippen LogP contribution in [-0.2, 0) is 4.74 Å². The van der Waals surface area contributed by atoms with E-state index in [9.17, 15) is 4.79 Å². The number of H-pyrrole nitrogens is 1. The molecule has 3 aromatic rings. The SMILES string of the molecule is COC(=O)Nc1nc(C2CCN(c3cc(C)nn3-c3cccc(Cl)c3)CC2)c(C)[nH]1. The molecule has 30 heavy (non-hydrogen) atoms. The molecule has 0 radical (unpaired) electrons. The number of nitrogens with one attached hydrogen (secondary N) is 2. The van der Waals surface area contributed by atoms with Crippen molar-refractivity contribution in [2.24, 2.45) is 0 Å². The Hall–Kier alpha value is -3.00. The number of ether oxygens (including phenoxy) is 1. The molecular formula is C21H25ClN6O2. The van der Waals surface area contributed by atoms with E-state index in [2.05, 4.69) is 36.1 Å². The summed E-state index contributed by atoms with van der Waals surface area (Å²) in [6.07, 6.45) is 1.39. The first kappa shape index (κ1) is 20.3. The molecule has 1 fully saturated rings. The minimum atomic E-state index is -0.533. The fourth-order valence-corrected chi connectivity index (χ4v) is 4.15. The Morgan fingerprint density at radius 2 is 2.03 bits per heavy atom. The lowest BCUT2D eigenvalue weighted by molar-refractivity contribution is 0.186. The van der Waals surface area contributed by atoms with Gasteiger partial charge in [0.2, 0.25) is 5.95 Å². The number of carbonyl (C=O) groups is 1. The van der Waals surface area contributed by atoms with E-state index >= 15 is 0 Å². The van der Waals surface area contributed by atoms with E-state index in [1.807, 2.05) is 42.8 Å². The number of aromatic amines is 1. The second-order valence-electron chi connectivity index (χ2n) is 7.51. The molecule has 0 aliphatic carbocycles. The minimum absolute atomic E-state index is 0.328. The summed E-state index contributed by atoms with van der Waals surface area (Å²) in [5.41, 5.74) is 3.89. The molecule has 1 aliphatic rings. The Morgan fingerprint density at radius 3 is 2.73 bits per heavy atom. The standard InChI is InChI=1S/C21H25ClN6O2/c1-13-11-18(28(26-13)17-6-4-5-16(22)12-17)27-9-7-15(8-10-27)19-14(2)23-20(24-19)25-21(29)30-3/h4-6,11-12,15H,7-10H2,1-3H3,(H2,23,24,25,29). The highest BCUT2D eigenvalue weighted by Crippen LogP contribution is 2.33. The molecule has 3 heterocycles. The van der Waals surface area contributed by atoms with Crippen LogP contribution in [0.15, 0.2) is 30.3 Å². The van der Waals surface area contributed by atoms with Crippen LogP contribution in [0.5, 0.6) is 0 Å². The molecule has 0 bridgehead atoms. The van der Waals surface area contributed by atoms with Gasteiger partial charge in [-0.25, -0.2) is 14.5 Å². The van der Waals surface area contributed by atoms with E-state index in [4.69, 9.17) is 11.6 Å². The number of hydrogen-bond acceptors (Lipinski definition) is 5. The van der Waals surface area contributed by atoms with Crippen molar-refractivity contribution >= 4 is 29.5 Å². The zero-order valence-corrected chi connectivity index (χ0v) is 18.0. The van der Waals surface area contributed by atoms with E-state index in [1.165, 1.54) is 7.11 Å². The van der Waals surface area contributed by atoms with Gasteiger partial charge in [0.05, 0.1) is 24.2 Å². The molecule has 0 spiro atoms. The smallest absolute Gasteiger partial charge is 0.413 e. The van der Waals surface area contributed by atoms with Crippen molar-refractivity contribution in [2.75, 3.05) is 30.4 Å². The molecule has 1 saturated heterocycles. The van der Waals surface area contributed by atoms with E-state index in [1.54, 1.807) is 0 Å². The van der Waals surface area contributed by atoms with Crippen molar-refractivity contribution in [1.29, 1.82) is 0 Å². The summed E-state index contributed by atoms with van der Waals surface area (Å²) in [5, 5.41) is 7.96. The van der Waals surface area contributed by atoms with Gasteiger partial charge >= 0.3 is 6.09 Å². The topological polar surface area (TPSA) is 88.1 Å². The third kappa shape index (κ3) is 4.14. The van der Waals surface area contributed by atoms with Crippen LogP contribution in [0.25, 0.3) is 5.69 Å². The Labute approximate surface area is 180 Å². The number of hydrogen-bond donors (Lipinski definition) is 2. The maximum Gasteiger partial charge on any atom is 0.413 e. The molecule has 4 rings (SSSR count). The second-order valence-corrected chi connectivity index (χ2v) is 7.95. The average Bonchev–Trinajstić information content (AvgIpc) is 3.30. The van der Waals surface area contributed by atoms with Crippen molar-refractivity contribution in [2.45, 2.75) is 32.6 Å². The van der Waals surface area contributed by atoms with Crippen LogP contribution in [0.4, 0.5) is 16.6 Å². The molecule has 0 atom stereocenters. The lowest BCUT2D eigenvalue weighted by atomic mass is 9.92. The van der Waals surface area contributed by atoms with Crippen LogP contribution in [-0.4, -0.2) is 46.0 Å². The molecule has 8 nitrogen and oxygen atoms in total. The van der Waals surface area contributed by atoms with Crippen LogP contribution in [0.2, 0.25) is 5.02 Å². The van der Waals surface area contributed by atoms with Gasteiger partial charge in [-0.15, -0.1) is 0 Å². The summed E-state index contributed by atoms with van der Waals surface area (Å²) in [6, 6.07) is 9.84. The third-order valence-electron chi connectivity index (χ3n) is 5.40. The summed E-state index contributed by atoms with van der Waals surface area (Å²) in [4.78, 5) is 21.5. The number of amides is 1. The molecule has 1 aromatic carbocycles. The summed E-state index contributed by atoms with van der Waals surface area (Å²) in [7, 11) is 1.33. The Morgan fingerprint density at radius 1 is 1.27 bits per heavy atom. The third-order valence-corrected chi connectivity index (χ3v) is 5.63. The first-order chi connectivity index (χ1) is 14.4. The van der Waals surface area contributed by atoms with Crippen molar-refractivity contribution in [3.63, 3.8) is 0 Å². The van der Waals surface area contributed by atoms with Gasteiger partial charge in [-0.05, 0) is 44.9 Å². The summed E-state index contributed by atoms with van der Waals surface area (Å²) < 4.78 is 6.59. The lowest BCUT2D eigenvalue weighted by Gasteiger charge is -2.33. The summed E-state index contributed by atoms with van der Waals surface area (Å²) in [5.74, 6) is 1.82. The number of halogens is 1. The zero-order chi connectivity index (χ0) is 21.3. The average molecular weight is 429 g/mol. The monoisotopic (exact) mass is 428 g/mol. The molecular weight excluding hydrogens is 404 g/mol. The van der Waals surface area contributed by atoms with Crippen LogP contribution < -0.4 is 10.2 Å². The normalized spacial score (nSPS) is 14.7. The number of carbonyl (C=O) groups excluding carboxylic acids is 1. The largest absolute Gasteiger partial charge is 0.453 e. The van der Waals surface area contributed by atoms with Gasteiger partial charge in [-0.1, -0.05) is 17.7 Å². The molecule has 0 unspecified atom stereocenters. The highest BCUT2D eigenvalue weighted by atomic mass is 35.5. The summed E-state index contributed by atoms with van der Waals surface area (Å²) >= 11 is 6.19. The number of anilines is 2. The molecule has 158 valence electrons. The number of piperidine rings is 1. The maximum absolute atomic E-state index is 11.4. The lowest BCUT2D eigenvalue weighted by Crippen LogP contribution is -2.34. The van der Waals surface area contributed by atoms with E-state index < -0.39 is 6.09 Å². The van der Waals surface area contributed by atoms with Crippen molar-refractivity contribution in [3.05, 3.63) is 52.4 Å². The fraction of sp³-hybridized carbons (Fsp3) is 0.381. The molecule has 9 heteroatoms. The van der Waals surface area contributed by atoms with Gasteiger partial charge in [0, 0.05) is 35.8 Å². The molecule has 0 saturated carbocycles. The fourth-order valence-electron chi connectivity index (χ4n) is 3.97. The molecule has 2 N–H and O–H groups in total. The quantitative estimate of drug-likeness (QED) is 0.641. The first-order valence-corrected chi connectivity index (χ1v) is 10.3. The van der Waals surface area contributed by atoms with E-state index in [-0.39, 0.29) is 0 Å². The van der Waals surface area contributed by atoms with Crippen LogP contribution in [0.3, 0.4) is 0 Å².